The molecule has 3 amide bonds. The predicted octanol–water partition coefficient (Wildman–Crippen LogP) is -1.03. The Hall–Kier alpha value is -2.98. The highest BCUT2D eigenvalue weighted by molar-refractivity contribution is 5.88. The Balaban J connectivity index is 0. The van der Waals surface area contributed by atoms with Gasteiger partial charge in [-0.05, 0) is 6.92 Å². The van der Waals surface area contributed by atoms with Crippen LogP contribution in [0.2, 0.25) is 0 Å². The van der Waals surface area contributed by atoms with E-state index < -0.39 is 29.7 Å². The Morgan fingerprint density at radius 3 is 1.64 bits per heavy atom. The molecule has 0 spiro atoms. The Morgan fingerprint density at radius 2 is 1.18 bits per heavy atom. The third-order valence-electron chi connectivity index (χ3n) is 2.75. The molecule has 0 atom stereocenters. The molecule has 4 N–H and O–H groups in total. The molecular weight excluding hydrogens is 374 g/mol. The van der Waals surface area contributed by atoms with Crippen LogP contribution in [0.1, 0.15) is 46.5 Å². The second-order valence-electron chi connectivity index (χ2n) is 5.16. The van der Waals surface area contributed by atoms with Gasteiger partial charge in [0.2, 0.25) is 17.7 Å². The summed E-state index contributed by atoms with van der Waals surface area (Å²) >= 11 is 0. The molecule has 0 fully saturated rings. The van der Waals surface area contributed by atoms with Crippen molar-refractivity contribution >= 4 is 35.4 Å². The number of nitrogens with one attached hydrogen (secondary N) is 2. The van der Waals surface area contributed by atoms with Crippen LogP contribution in [0.4, 0.5) is 0 Å². The van der Waals surface area contributed by atoms with E-state index >= 15 is 0 Å². The minimum Gasteiger partial charge on any atom is -0.462 e. The molecule has 0 aromatic rings. The maximum Gasteiger partial charge on any atom is 0.306 e. The molecule has 0 saturated carbocycles. The number of esters is 2. The molecule has 0 saturated heterocycles. The smallest absolute Gasteiger partial charge is 0.306 e. The Bertz CT molecular complexity index is 549. The fraction of sp³-hybridized carbons (Fsp3) is 0.647. The first-order valence-electron chi connectivity index (χ1n) is 8.83. The zero-order chi connectivity index (χ0) is 21.9. The second-order valence-corrected chi connectivity index (χ2v) is 5.16. The molecule has 0 heterocycles. The van der Waals surface area contributed by atoms with Gasteiger partial charge >= 0.3 is 11.9 Å². The fourth-order valence-electron chi connectivity index (χ4n) is 1.46. The van der Waals surface area contributed by atoms with E-state index in [0.717, 1.165) is 0 Å². The van der Waals surface area contributed by atoms with Crippen molar-refractivity contribution in [2.45, 2.75) is 46.5 Å². The summed E-state index contributed by atoms with van der Waals surface area (Å²) in [5.74, 6) is -3.21. The van der Waals surface area contributed by atoms with Gasteiger partial charge in [-0.25, -0.2) is 0 Å². The number of hydrogen-bond donors (Lipinski definition) is 3. The minimum absolute atomic E-state index is 0.0313. The number of ketones is 1. The molecule has 0 aromatic carbocycles. The first-order chi connectivity index (χ1) is 13.2. The van der Waals surface area contributed by atoms with Crippen molar-refractivity contribution in [1.82, 2.24) is 10.6 Å². The number of primary amides is 1. The van der Waals surface area contributed by atoms with E-state index in [-0.39, 0.29) is 57.8 Å². The van der Waals surface area contributed by atoms with Gasteiger partial charge in [-0.1, -0.05) is 13.8 Å². The van der Waals surface area contributed by atoms with E-state index in [9.17, 15) is 28.8 Å². The van der Waals surface area contributed by atoms with Gasteiger partial charge in [0.05, 0.1) is 25.9 Å². The van der Waals surface area contributed by atoms with Crippen molar-refractivity contribution in [3.05, 3.63) is 0 Å². The normalized spacial score (nSPS) is 9.25. The van der Waals surface area contributed by atoms with Crippen molar-refractivity contribution in [3.63, 3.8) is 0 Å². The fourth-order valence-corrected chi connectivity index (χ4v) is 1.46. The summed E-state index contributed by atoms with van der Waals surface area (Å²) in [6.45, 7) is 4.37. The van der Waals surface area contributed by atoms with E-state index in [1.54, 1.807) is 0 Å². The van der Waals surface area contributed by atoms with Crippen LogP contribution < -0.4 is 16.4 Å². The summed E-state index contributed by atoms with van der Waals surface area (Å²) in [6.07, 6.45) is -0.349. The molecule has 0 aliphatic heterocycles. The molecule has 0 aliphatic carbocycles. The molecule has 160 valence electrons. The summed E-state index contributed by atoms with van der Waals surface area (Å²) in [4.78, 5) is 66.4. The summed E-state index contributed by atoms with van der Waals surface area (Å²) in [5, 5.41) is 4.44. The van der Waals surface area contributed by atoms with Gasteiger partial charge < -0.3 is 30.6 Å². The lowest BCUT2D eigenvalue weighted by Gasteiger charge is -2.07. The molecule has 0 aliphatic rings. The van der Waals surface area contributed by atoms with Crippen LogP contribution in [0.15, 0.2) is 0 Å². The molecule has 0 bridgehead atoms. The number of Topliss-reactive ketones (excluding diaryl/α,β-unsaturated/α-hetero) is 1. The first-order valence-corrected chi connectivity index (χ1v) is 8.83. The lowest BCUT2D eigenvalue weighted by Crippen LogP contribution is -2.40. The molecule has 0 rings (SSSR count). The van der Waals surface area contributed by atoms with Crippen molar-refractivity contribution in [2.75, 3.05) is 26.3 Å². The van der Waals surface area contributed by atoms with Gasteiger partial charge in [0, 0.05) is 12.8 Å². The summed E-state index contributed by atoms with van der Waals surface area (Å²) in [5.41, 5.74) is 4.84. The Morgan fingerprint density at radius 1 is 0.714 bits per heavy atom. The van der Waals surface area contributed by atoms with Crippen LogP contribution in [0.3, 0.4) is 0 Å². The van der Waals surface area contributed by atoms with Crippen LogP contribution in [0.5, 0.6) is 0 Å². The zero-order valence-corrected chi connectivity index (χ0v) is 16.5. The average molecular weight is 403 g/mol. The Kier molecular flexibility index (Phi) is 17.0. The van der Waals surface area contributed by atoms with Gasteiger partial charge in [0.25, 0.3) is 0 Å². The largest absolute Gasteiger partial charge is 0.462 e. The number of rotatable bonds is 13. The lowest BCUT2D eigenvalue weighted by atomic mass is 10.2. The SMILES string of the molecule is CC.CC(=O)CCC(=O)OCCOC(=O)CCC(=O)NCC(=O)NCC(N)=O. The number of hydrogen-bond acceptors (Lipinski definition) is 8. The molecule has 11 nitrogen and oxygen atoms in total. The highest BCUT2D eigenvalue weighted by atomic mass is 16.6. The maximum absolute atomic E-state index is 11.4. The van der Waals surface area contributed by atoms with E-state index in [1.807, 2.05) is 13.8 Å². The molecular formula is C17H29N3O8. The predicted molar refractivity (Wildman–Crippen MR) is 97.6 cm³/mol. The zero-order valence-electron chi connectivity index (χ0n) is 16.5. The van der Waals surface area contributed by atoms with Crippen LogP contribution in [0.25, 0.3) is 0 Å². The van der Waals surface area contributed by atoms with E-state index in [1.165, 1.54) is 6.92 Å². The average Bonchev–Trinajstić information content (AvgIpc) is 2.66. The number of ether oxygens (including phenoxy) is 2. The van der Waals surface area contributed by atoms with E-state index in [0.29, 0.717) is 0 Å². The number of nitrogens with two attached hydrogens (primary N) is 1. The maximum atomic E-state index is 11.4. The highest BCUT2D eigenvalue weighted by Crippen LogP contribution is 1.96. The van der Waals surface area contributed by atoms with Gasteiger partial charge in [0.15, 0.2) is 0 Å². The second kappa shape index (κ2) is 17.4. The van der Waals surface area contributed by atoms with Crippen LogP contribution in [-0.4, -0.2) is 61.7 Å². The first kappa shape index (κ1) is 27.2. The molecule has 11 heteroatoms. The summed E-state index contributed by atoms with van der Waals surface area (Å²) < 4.78 is 9.51. The van der Waals surface area contributed by atoms with Gasteiger partial charge in [-0.2, -0.15) is 0 Å². The molecule has 0 aromatic heterocycles. The van der Waals surface area contributed by atoms with Gasteiger partial charge in [-0.15, -0.1) is 0 Å². The number of carbonyl (C=O) groups is 6. The Labute approximate surface area is 163 Å². The standard InChI is InChI=1S/C15H23N3O8.C2H6/c1-10(19)2-4-14(23)25-6-7-26-15(24)5-3-12(21)18-9-13(22)17-8-11(16)20;1-2/h2-9H2,1H3,(H2,16,20)(H,17,22)(H,18,21);1-2H3. The van der Waals surface area contributed by atoms with Crippen LogP contribution in [-0.2, 0) is 38.2 Å². The monoisotopic (exact) mass is 403 g/mol. The highest BCUT2D eigenvalue weighted by Gasteiger charge is 2.10. The van der Waals surface area contributed by atoms with E-state index in [4.69, 9.17) is 15.2 Å². The van der Waals surface area contributed by atoms with Gasteiger partial charge in [-0.3, -0.25) is 24.0 Å². The van der Waals surface area contributed by atoms with E-state index in [2.05, 4.69) is 10.6 Å². The topological polar surface area (TPSA) is 171 Å². The third kappa shape index (κ3) is 19.3. The van der Waals surface area contributed by atoms with Crippen molar-refractivity contribution in [2.24, 2.45) is 5.73 Å². The quantitative estimate of drug-likeness (QED) is 0.259. The molecule has 0 radical (unpaired) electrons. The van der Waals surface area contributed by atoms with Crippen molar-refractivity contribution in [1.29, 1.82) is 0 Å². The van der Waals surface area contributed by atoms with Crippen LogP contribution >= 0.6 is 0 Å². The van der Waals surface area contributed by atoms with Crippen LogP contribution in [0, 0.1) is 0 Å². The van der Waals surface area contributed by atoms with Gasteiger partial charge in [0.1, 0.15) is 19.0 Å². The third-order valence-corrected chi connectivity index (χ3v) is 2.75. The molecule has 28 heavy (non-hydrogen) atoms. The van der Waals surface area contributed by atoms with Crippen molar-refractivity contribution in [3.8, 4) is 0 Å². The number of carbonyl (C=O) groups excluding carboxylic acids is 6. The van der Waals surface area contributed by atoms with Crippen molar-refractivity contribution < 1.29 is 38.2 Å². The molecule has 0 unspecified atom stereocenters. The lowest BCUT2D eigenvalue weighted by molar-refractivity contribution is -0.152. The summed E-state index contributed by atoms with van der Waals surface area (Å²) in [7, 11) is 0. The minimum atomic E-state index is -0.711. The number of amides is 3. The summed E-state index contributed by atoms with van der Waals surface area (Å²) in [6, 6.07) is 0.